The maximum absolute atomic E-state index is 4.69. The van der Waals surface area contributed by atoms with E-state index < -0.39 is 0 Å². The number of rotatable bonds is 4. The summed E-state index contributed by atoms with van der Waals surface area (Å²) >= 11 is 1.77. The van der Waals surface area contributed by atoms with E-state index in [1.54, 1.807) is 11.3 Å². The van der Waals surface area contributed by atoms with Crippen molar-refractivity contribution in [3.05, 3.63) is 45.7 Å². The molecule has 0 bridgehead atoms. The molecule has 0 amide bonds. The molecule has 0 fully saturated rings. The second-order valence-electron chi connectivity index (χ2n) is 5.36. The summed E-state index contributed by atoms with van der Waals surface area (Å²) in [6, 6.07) is 8.52. The molecule has 0 saturated heterocycles. The monoisotopic (exact) mass is 300 g/mol. The molecule has 0 radical (unpaired) electrons. The van der Waals surface area contributed by atoms with Gasteiger partial charge in [0, 0.05) is 18.0 Å². The number of aromatic nitrogens is 3. The van der Waals surface area contributed by atoms with Gasteiger partial charge in [0.15, 0.2) is 0 Å². The molecule has 1 unspecified atom stereocenters. The Kier molecular flexibility index (Phi) is 3.78. The zero-order chi connectivity index (χ0) is 15.0. The number of benzene rings is 1. The predicted molar refractivity (Wildman–Crippen MR) is 87.6 cm³/mol. The highest BCUT2D eigenvalue weighted by Crippen LogP contribution is 2.24. The summed E-state index contributed by atoms with van der Waals surface area (Å²) < 4.78 is 2.15. The fourth-order valence-electron chi connectivity index (χ4n) is 2.64. The van der Waals surface area contributed by atoms with E-state index in [0.717, 1.165) is 28.6 Å². The molecule has 3 aromatic rings. The Bertz CT molecular complexity index is 772. The highest BCUT2D eigenvalue weighted by molar-refractivity contribution is 7.11. The first-order valence-electron chi connectivity index (χ1n) is 7.14. The van der Waals surface area contributed by atoms with Crippen molar-refractivity contribution in [2.75, 3.05) is 0 Å². The summed E-state index contributed by atoms with van der Waals surface area (Å²) in [5, 5.41) is 4.68. The molecule has 1 aromatic carbocycles. The molecular formula is C16H20N4S. The second-order valence-corrected chi connectivity index (χ2v) is 6.60. The van der Waals surface area contributed by atoms with Crippen LogP contribution >= 0.6 is 11.3 Å². The normalized spacial score (nSPS) is 13.0. The summed E-state index contributed by atoms with van der Waals surface area (Å²) in [4.78, 5) is 10.5. The Morgan fingerprint density at radius 1 is 1.24 bits per heavy atom. The molecule has 0 saturated carbocycles. The quantitative estimate of drug-likeness (QED) is 0.802. The van der Waals surface area contributed by atoms with Gasteiger partial charge >= 0.3 is 0 Å². The Morgan fingerprint density at radius 2 is 2.00 bits per heavy atom. The molecular weight excluding hydrogens is 280 g/mol. The van der Waals surface area contributed by atoms with E-state index in [2.05, 4.69) is 54.8 Å². The van der Waals surface area contributed by atoms with Crippen LogP contribution in [0.1, 0.15) is 34.4 Å². The first-order valence-corrected chi connectivity index (χ1v) is 7.95. The molecule has 0 aliphatic carbocycles. The third kappa shape index (κ3) is 2.71. The summed E-state index contributed by atoms with van der Waals surface area (Å²) in [6.07, 6.45) is 0. The molecule has 1 N–H and O–H groups in total. The Labute approximate surface area is 128 Å². The van der Waals surface area contributed by atoms with Crippen LogP contribution in [-0.4, -0.2) is 14.5 Å². The van der Waals surface area contributed by atoms with E-state index in [1.165, 1.54) is 10.4 Å². The van der Waals surface area contributed by atoms with Gasteiger partial charge in [-0.15, -0.1) is 11.3 Å². The van der Waals surface area contributed by atoms with Crippen molar-refractivity contribution in [2.24, 2.45) is 7.05 Å². The molecule has 110 valence electrons. The van der Waals surface area contributed by atoms with Crippen molar-refractivity contribution in [3.63, 3.8) is 0 Å². The lowest BCUT2D eigenvalue weighted by atomic mass is 10.2. The standard InChI is InChI=1S/C16H20N4S/c1-10(16-11(2)18-12(3)21-16)17-9-15-19-13-7-5-6-8-14(13)20(15)4/h5-8,10,17H,9H2,1-4H3. The Balaban J connectivity index is 1.77. The average Bonchev–Trinajstić information content (AvgIpc) is 2.97. The van der Waals surface area contributed by atoms with Gasteiger partial charge in [-0.25, -0.2) is 9.97 Å². The van der Waals surface area contributed by atoms with Crippen molar-refractivity contribution < 1.29 is 0 Å². The van der Waals surface area contributed by atoms with Crippen molar-refractivity contribution in [1.82, 2.24) is 19.9 Å². The molecule has 5 heteroatoms. The van der Waals surface area contributed by atoms with Crippen LogP contribution in [0.2, 0.25) is 0 Å². The number of para-hydroxylation sites is 2. The van der Waals surface area contributed by atoms with Crippen LogP contribution in [0, 0.1) is 13.8 Å². The van der Waals surface area contributed by atoms with Gasteiger partial charge in [-0.1, -0.05) is 12.1 Å². The van der Waals surface area contributed by atoms with Crippen LogP contribution in [0.3, 0.4) is 0 Å². The van der Waals surface area contributed by atoms with Gasteiger partial charge in [0.1, 0.15) is 5.82 Å². The molecule has 0 aliphatic heterocycles. The molecule has 21 heavy (non-hydrogen) atoms. The summed E-state index contributed by atoms with van der Waals surface area (Å²) in [6.45, 7) is 7.07. The lowest BCUT2D eigenvalue weighted by Gasteiger charge is -2.12. The molecule has 0 aliphatic rings. The van der Waals surface area contributed by atoms with Crippen LogP contribution in [0.5, 0.6) is 0 Å². The molecule has 2 heterocycles. The summed E-state index contributed by atoms with van der Waals surface area (Å²) in [5.41, 5.74) is 3.35. The number of imidazole rings is 1. The third-order valence-corrected chi connectivity index (χ3v) is 5.03. The second kappa shape index (κ2) is 5.58. The number of nitrogens with zero attached hydrogens (tertiary/aromatic N) is 3. The van der Waals surface area contributed by atoms with Gasteiger partial charge in [0.2, 0.25) is 0 Å². The minimum Gasteiger partial charge on any atom is -0.330 e. The van der Waals surface area contributed by atoms with E-state index in [-0.39, 0.29) is 6.04 Å². The molecule has 1 atom stereocenters. The van der Waals surface area contributed by atoms with Crippen molar-refractivity contribution in [1.29, 1.82) is 0 Å². The number of thiazole rings is 1. The smallest absolute Gasteiger partial charge is 0.123 e. The molecule has 0 spiro atoms. The largest absolute Gasteiger partial charge is 0.330 e. The van der Waals surface area contributed by atoms with Gasteiger partial charge in [0.05, 0.1) is 28.3 Å². The lowest BCUT2D eigenvalue weighted by Crippen LogP contribution is -2.20. The van der Waals surface area contributed by atoms with Gasteiger partial charge in [-0.3, -0.25) is 0 Å². The van der Waals surface area contributed by atoms with Crippen molar-refractivity contribution >= 4 is 22.4 Å². The van der Waals surface area contributed by atoms with Crippen LogP contribution in [0.15, 0.2) is 24.3 Å². The highest BCUT2D eigenvalue weighted by Gasteiger charge is 2.14. The molecule has 3 rings (SSSR count). The van der Waals surface area contributed by atoms with Gasteiger partial charge in [-0.05, 0) is 32.9 Å². The Morgan fingerprint density at radius 3 is 2.67 bits per heavy atom. The van der Waals surface area contributed by atoms with E-state index in [1.807, 2.05) is 12.1 Å². The van der Waals surface area contributed by atoms with Gasteiger partial charge in [0.25, 0.3) is 0 Å². The zero-order valence-electron chi connectivity index (χ0n) is 12.8. The van der Waals surface area contributed by atoms with E-state index >= 15 is 0 Å². The summed E-state index contributed by atoms with van der Waals surface area (Å²) in [5.74, 6) is 1.06. The topological polar surface area (TPSA) is 42.7 Å². The van der Waals surface area contributed by atoms with Crippen LogP contribution < -0.4 is 5.32 Å². The maximum atomic E-state index is 4.69. The lowest BCUT2D eigenvalue weighted by molar-refractivity contribution is 0.555. The minimum absolute atomic E-state index is 0.288. The maximum Gasteiger partial charge on any atom is 0.123 e. The first kappa shape index (κ1) is 14.2. The highest BCUT2D eigenvalue weighted by atomic mass is 32.1. The fraction of sp³-hybridized carbons (Fsp3) is 0.375. The van der Waals surface area contributed by atoms with E-state index in [9.17, 15) is 0 Å². The van der Waals surface area contributed by atoms with E-state index in [0.29, 0.717) is 0 Å². The third-order valence-electron chi connectivity index (χ3n) is 3.78. The molecule has 4 nitrogen and oxygen atoms in total. The van der Waals surface area contributed by atoms with Crippen LogP contribution in [-0.2, 0) is 13.6 Å². The number of hydrogen-bond donors (Lipinski definition) is 1. The average molecular weight is 300 g/mol. The van der Waals surface area contributed by atoms with Gasteiger partial charge < -0.3 is 9.88 Å². The SMILES string of the molecule is Cc1nc(C)c(C(C)NCc2nc3ccccc3n2C)s1. The van der Waals surface area contributed by atoms with E-state index in [4.69, 9.17) is 4.98 Å². The van der Waals surface area contributed by atoms with Gasteiger partial charge in [-0.2, -0.15) is 0 Å². The number of fused-ring (bicyclic) bond motifs is 1. The predicted octanol–water partition coefficient (Wildman–Crippen LogP) is 3.50. The fourth-order valence-corrected chi connectivity index (χ4v) is 3.59. The first-order chi connectivity index (χ1) is 10.1. The zero-order valence-corrected chi connectivity index (χ0v) is 13.7. The van der Waals surface area contributed by atoms with Crippen LogP contribution in [0.4, 0.5) is 0 Å². The van der Waals surface area contributed by atoms with Crippen molar-refractivity contribution in [3.8, 4) is 0 Å². The number of nitrogens with one attached hydrogen (secondary N) is 1. The number of aryl methyl sites for hydroxylation is 3. The Hall–Kier alpha value is -1.72. The minimum atomic E-state index is 0.288. The molecule has 2 aromatic heterocycles. The summed E-state index contributed by atoms with van der Waals surface area (Å²) in [7, 11) is 2.07. The van der Waals surface area contributed by atoms with Crippen molar-refractivity contribution in [2.45, 2.75) is 33.4 Å². The number of hydrogen-bond acceptors (Lipinski definition) is 4. The van der Waals surface area contributed by atoms with Crippen LogP contribution in [0.25, 0.3) is 11.0 Å².